The second kappa shape index (κ2) is 6.06. The predicted octanol–water partition coefficient (Wildman–Crippen LogP) is 2.84. The van der Waals surface area contributed by atoms with Gasteiger partial charge in [-0.25, -0.2) is 0 Å². The van der Waals surface area contributed by atoms with Crippen LogP contribution in [0.1, 0.15) is 46.8 Å². The zero-order valence-corrected chi connectivity index (χ0v) is 14.2. The minimum atomic E-state index is -0.0806. The molecule has 5 heteroatoms. The van der Waals surface area contributed by atoms with Crippen molar-refractivity contribution in [2.75, 3.05) is 11.9 Å². The molecule has 1 heterocycles. The van der Waals surface area contributed by atoms with Gasteiger partial charge < -0.3 is 10.6 Å². The molecule has 1 amide bonds. The predicted molar refractivity (Wildman–Crippen MR) is 94.2 cm³/mol. The van der Waals surface area contributed by atoms with Crippen LogP contribution in [0, 0.1) is 12.8 Å². The number of nitrogens with zero attached hydrogens (tertiary/aromatic N) is 2. The lowest BCUT2D eigenvalue weighted by molar-refractivity contribution is 0.102. The summed E-state index contributed by atoms with van der Waals surface area (Å²) in [5, 5.41) is 10.8. The first-order valence-corrected chi connectivity index (χ1v) is 8.75. The highest BCUT2D eigenvalue weighted by atomic mass is 16.1. The van der Waals surface area contributed by atoms with Gasteiger partial charge in [-0.2, -0.15) is 5.10 Å². The number of aromatic nitrogens is 2. The van der Waals surface area contributed by atoms with Gasteiger partial charge in [-0.1, -0.05) is 12.1 Å². The Morgan fingerprint density at radius 1 is 1.33 bits per heavy atom. The molecule has 2 atom stereocenters. The zero-order valence-electron chi connectivity index (χ0n) is 14.2. The molecule has 1 aromatic heterocycles. The van der Waals surface area contributed by atoms with Gasteiger partial charge >= 0.3 is 0 Å². The minimum Gasteiger partial charge on any atom is -0.313 e. The van der Waals surface area contributed by atoms with Gasteiger partial charge in [-0.15, -0.1) is 0 Å². The molecule has 0 radical (unpaired) electrons. The third-order valence-electron chi connectivity index (χ3n) is 4.98. The summed E-state index contributed by atoms with van der Waals surface area (Å²) < 4.78 is 1.69. The second-order valence-electron chi connectivity index (χ2n) is 7.17. The van der Waals surface area contributed by atoms with Gasteiger partial charge in [0, 0.05) is 30.6 Å². The Bertz CT molecular complexity index is 762. The smallest absolute Gasteiger partial charge is 0.256 e. The van der Waals surface area contributed by atoms with Crippen LogP contribution >= 0.6 is 0 Å². The molecule has 2 fully saturated rings. The fraction of sp³-hybridized carbons (Fsp3) is 0.474. The van der Waals surface area contributed by atoms with Gasteiger partial charge in [0.1, 0.15) is 5.82 Å². The number of amides is 1. The summed E-state index contributed by atoms with van der Waals surface area (Å²) in [6.07, 6.45) is 3.94. The maximum atomic E-state index is 12.5. The van der Waals surface area contributed by atoms with E-state index >= 15 is 0 Å². The molecule has 24 heavy (non-hydrogen) atoms. The van der Waals surface area contributed by atoms with E-state index in [1.165, 1.54) is 24.8 Å². The molecule has 0 aliphatic heterocycles. The van der Waals surface area contributed by atoms with Gasteiger partial charge in [0.15, 0.2) is 0 Å². The maximum Gasteiger partial charge on any atom is 0.256 e. The highest BCUT2D eigenvalue weighted by molar-refractivity contribution is 6.04. The quantitative estimate of drug-likeness (QED) is 0.859. The van der Waals surface area contributed by atoms with Crippen molar-refractivity contribution in [1.82, 2.24) is 15.1 Å². The third kappa shape index (κ3) is 3.36. The van der Waals surface area contributed by atoms with Crippen molar-refractivity contribution in [3.8, 4) is 0 Å². The van der Waals surface area contributed by atoms with Crippen molar-refractivity contribution in [3.05, 3.63) is 47.2 Å². The molecule has 2 aliphatic carbocycles. The van der Waals surface area contributed by atoms with E-state index in [1.807, 2.05) is 38.2 Å². The van der Waals surface area contributed by atoms with Crippen LogP contribution in [0.25, 0.3) is 0 Å². The van der Waals surface area contributed by atoms with Crippen LogP contribution in [0.3, 0.4) is 0 Å². The number of nitrogens with one attached hydrogen (secondary N) is 2. The average molecular weight is 324 g/mol. The summed E-state index contributed by atoms with van der Waals surface area (Å²) >= 11 is 0. The van der Waals surface area contributed by atoms with Crippen molar-refractivity contribution < 1.29 is 4.79 Å². The summed E-state index contributed by atoms with van der Waals surface area (Å²) in [5.74, 6) is 2.10. The van der Waals surface area contributed by atoms with Crippen molar-refractivity contribution in [1.29, 1.82) is 0 Å². The van der Waals surface area contributed by atoms with E-state index < -0.39 is 0 Å². The van der Waals surface area contributed by atoms with Gasteiger partial charge in [0.05, 0.1) is 5.69 Å². The third-order valence-corrected chi connectivity index (χ3v) is 4.98. The fourth-order valence-corrected chi connectivity index (χ4v) is 3.26. The molecule has 0 saturated heterocycles. The van der Waals surface area contributed by atoms with E-state index in [-0.39, 0.29) is 5.91 Å². The molecular formula is C19H24N4O. The van der Waals surface area contributed by atoms with E-state index in [2.05, 4.69) is 21.8 Å². The molecule has 126 valence electrons. The molecule has 1 aromatic carbocycles. The van der Waals surface area contributed by atoms with Gasteiger partial charge in [0.25, 0.3) is 5.91 Å². The van der Waals surface area contributed by atoms with Crippen LogP contribution in [-0.4, -0.2) is 28.3 Å². The normalized spacial score (nSPS) is 22.4. The average Bonchev–Trinajstić information content (AvgIpc) is 3.46. The molecule has 0 spiro atoms. The van der Waals surface area contributed by atoms with Gasteiger partial charge in [0.2, 0.25) is 0 Å². The molecule has 5 nitrogen and oxygen atoms in total. The zero-order chi connectivity index (χ0) is 16.7. The fourth-order valence-electron chi connectivity index (χ4n) is 3.26. The van der Waals surface area contributed by atoms with E-state index in [0.29, 0.717) is 17.5 Å². The Hall–Kier alpha value is -2.14. The van der Waals surface area contributed by atoms with Crippen LogP contribution in [0.15, 0.2) is 30.3 Å². The largest absolute Gasteiger partial charge is 0.313 e. The minimum absolute atomic E-state index is 0.0806. The van der Waals surface area contributed by atoms with E-state index in [4.69, 9.17) is 0 Å². The molecular weight excluding hydrogens is 300 g/mol. The molecule has 2 saturated carbocycles. The van der Waals surface area contributed by atoms with Crippen LogP contribution in [-0.2, 0) is 7.05 Å². The van der Waals surface area contributed by atoms with Crippen molar-refractivity contribution in [2.45, 2.75) is 38.1 Å². The lowest BCUT2D eigenvalue weighted by Gasteiger charge is -2.07. The monoisotopic (exact) mass is 324 g/mol. The highest BCUT2D eigenvalue weighted by Gasteiger charge is 2.39. The Morgan fingerprint density at radius 3 is 2.88 bits per heavy atom. The Labute approximate surface area is 142 Å². The van der Waals surface area contributed by atoms with Crippen LogP contribution < -0.4 is 10.6 Å². The molecule has 2 aliphatic rings. The van der Waals surface area contributed by atoms with E-state index in [9.17, 15) is 4.79 Å². The first-order valence-electron chi connectivity index (χ1n) is 8.75. The summed E-state index contributed by atoms with van der Waals surface area (Å²) in [4.78, 5) is 12.5. The number of aryl methyl sites for hydroxylation is 2. The highest BCUT2D eigenvalue weighted by Crippen LogP contribution is 2.41. The maximum absolute atomic E-state index is 12.5. The Balaban J connectivity index is 1.40. The second-order valence-corrected chi connectivity index (χ2v) is 7.17. The van der Waals surface area contributed by atoms with Crippen molar-refractivity contribution in [2.24, 2.45) is 13.0 Å². The number of carbonyl (C=O) groups excluding carboxylic acids is 1. The summed E-state index contributed by atoms with van der Waals surface area (Å²) in [7, 11) is 1.83. The standard InChI is InChI=1S/C19H24N4O/c1-12-8-18(23(2)22-12)21-19(24)15-5-3-4-14(9-15)16-10-17(16)20-11-13-6-7-13/h3-5,8-9,13,16-17,20H,6-7,10-11H2,1-2H3,(H,21,24)/t16-,17+/m0/s1. The summed E-state index contributed by atoms with van der Waals surface area (Å²) in [6, 6.07) is 10.5. The van der Waals surface area contributed by atoms with Gasteiger partial charge in [-0.05, 0) is 56.3 Å². The Kier molecular flexibility index (Phi) is 3.88. The van der Waals surface area contributed by atoms with Crippen molar-refractivity contribution in [3.63, 3.8) is 0 Å². The lowest BCUT2D eigenvalue weighted by atomic mass is 10.1. The SMILES string of the molecule is Cc1cc(NC(=O)c2cccc([C@@H]3C[C@H]3NCC3CC3)c2)n(C)n1. The number of hydrogen-bond donors (Lipinski definition) is 2. The number of benzene rings is 1. The van der Waals surface area contributed by atoms with Crippen molar-refractivity contribution >= 4 is 11.7 Å². The van der Waals surface area contributed by atoms with Crippen LogP contribution in [0.4, 0.5) is 5.82 Å². The summed E-state index contributed by atoms with van der Waals surface area (Å²) in [5.41, 5.74) is 2.86. The van der Waals surface area contributed by atoms with E-state index in [1.54, 1.807) is 4.68 Å². The molecule has 2 aromatic rings. The summed E-state index contributed by atoms with van der Waals surface area (Å²) in [6.45, 7) is 3.07. The molecule has 0 unspecified atom stereocenters. The first-order chi connectivity index (χ1) is 11.6. The lowest BCUT2D eigenvalue weighted by Crippen LogP contribution is -2.20. The van der Waals surface area contributed by atoms with Crippen LogP contribution in [0.2, 0.25) is 0 Å². The number of hydrogen-bond acceptors (Lipinski definition) is 3. The number of rotatable bonds is 6. The van der Waals surface area contributed by atoms with Gasteiger partial charge in [-0.3, -0.25) is 9.48 Å². The molecule has 0 bridgehead atoms. The Morgan fingerprint density at radius 2 is 2.17 bits per heavy atom. The first kappa shape index (κ1) is 15.4. The number of carbonyl (C=O) groups is 1. The molecule has 4 rings (SSSR count). The van der Waals surface area contributed by atoms with E-state index in [0.717, 1.165) is 24.0 Å². The topological polar surface area (TPSA) is 59.0 Å². The molecule has 2 N–H and O–H groups in total. The number of anilines is 1. The van der Waals surface area contributed by atoms with Crippen LogP contribution in [0.5, 0.6) is 0 Å².